The highest BCUT2D eigenvalue weighted by molar-refractivity contribution is 5.20. The van der Waals surface area contributed by atoms with Gasteiger partial charge < -0.3 is 5.73 Å². The molecule has 0 aromatic carbocycles. The first kappa shape index (κ1) is 8.75. The monoisotopic (exact) mass is 179 g/mol. The second-order valence-corrected chi connectivity index (χ2v) is 4.13. The molecule has 0 bridgehead atoms. The van der Waals surface area contributed by atoms with E-state index in [1.165, 1.54) is 31.4 Å². The van der Waals surface area contributed by atoms with Crippen molar-refractivity contribution in [2.45, 2.75) is 38.0 Å². The van der Waals surface area contributed by atoms with Crippen molar-refractivity contribution in [2.75, 3.05) is 6.54 Å². The number of aromatic amines is 1. The number of nitrogens with two attached hydrogens (primary N) is 1. The number of hydrogen-bond donors (Lipinski definition) is 2. The van der Waals surface area contributed by atoms with Gasteiger partial charge in [0.15, 0.2) is 0 Å². The normalized spacial score (nSPS) is 20.8. The summed E-state index contributed by atoms with van der Waals surface area (Å²) in [5.74, 6) is 0. The highest BCUT2D eigenvalue weighted by Gasteiger charge is 2.36. The van der Waals surface area contributed by atoms with E-state index in [1.807, 2.05) is 6.92 Å². The smallest absolute Gasteiger partial charge is 0.0699 e. The summed E-state index contributed by atoms with van der Waals surface area (Å²) < 4.78 is 0. The molecule has 1 saturated carbocycles. The molecule has 0 unspecified atom stereocenters. The lowest BCUT2D eigenvalue weighted by atomic mass is 9.83. The van der Waals surface area contributed by atoms with Crippen molar-refractivity contribution in [3.63, 3.8) is 0 Å². The Bertz CT molecular complexity index is 284. The number of aromatic nitrogens is 2. The molecule has 3 N–H and O–H groups in total. The molecule has 0 amide bonds. The third-order valence-electron chi connectivity index (χ3n) is 3.20. The molecule has 1 aliphatic carbocycles. The molecule has 1 aromatic heterocycles. The lowest BCUT2D eigenvalue weighted by Crippen LogP contribution is -2.32. The molecule has 1 heterocycles. The maximum Gasteiger partial charge on any atom is 0.0699 e. The summed E-state index contributed by atoms with van der Waals surface area (Å²) in [7, 11) is 0. The van der Waals surface area contributed by atoms with Crippen LogP contribution in [0.3, 0.4) is 0 Å². The molecule has 0 aliphatic heterocycles. The zero-order valence-electron chi connectivity index (χ0n) is 8.14. The van der Waals surface area contributed by atoms with Gasteiger partial charge in [-0.25, -0.2) is 0 Å². The van der Waals surface area contributed by atoms with Gasteiger partial charge in [0, 0.05) is 17.7 Å². The van der Waals surface area contributed by atoms with Crippen molar-refractivity contribution in [2.24, 2.45) is 5.73 Å². The van der Waals surface area contributed by atoms with Gasteiger partial charge in [-0.3, -0.25) is 5.10 Å². The number of aryl methyl sites for hydroxylation is 1. The lowest BCUT2D eigenvalue weighted by molar-refractivity contribution is 0.438. The van der Waals surface area contributed by atoms with Crippen LogP contribution in [0.25, 0.3) is 0 Å². The summed E-state index contributed by atoms with van der Waals surface area (Å²) in [5, 5.41) is 7.33. The van der Waals surface area contributed by atoms with Crippen LogP contribution in [0.4, 0.5) is 0 Å². The summed E-state index contributed by atoms with van der Waals surface area (Å²) in [6, 6.07) is 2.14. The van der Waals surface area contributed by atoms with E-state index < -0.39 is 0 Å². The molecule has 2 rings (SSSR count). The van der Waals surface area contributed by atoms with Crippen molar-refractivity contribution >= 4 is 0 Å². The molecule has 1 fully saturated rings. The second kappa shape index (κ2) is 3.14. The molecule has 0 spiro atoms. The fourth-order valence-corrected chi connectivity index (χ4v) is 2.31. The van der Waals surface area contributed by atoms with Gasteiger partial charge in [-0.15, -0.1) is 0 Å². The Morgan fingerprint density at radius 3 is 2.69 bits per heavy atom. The molecule has 3 nitrogen and oxygen atoms in total. The zero-order valence-corrected chi connectivity index (χ0v) is 8.14. The van der Waals surface area contributed by atoms with Crippen LogP contribution in [0.2, 0.25) is 0 Å². The fourth-order valence-electron chi connectivity index (χ4n) is 2.31. The maximum atomic E-state index is 5.86. The van der Waals surface area contributed by atoms with Crippen LogP contribution in [-0.2, 0) is 5.41 Å². The Labute approximate surface area is 78.7 Å². The molecule has 3 heteroatoms. The average molecular weight is 179 g/mol. The van der Waals surface area contributed by atoms with Gasteiger partial charge in [0.2, 0.25) is 0 Å². The van der Waals surface area contributed by atoms with Crippen LogP contribution in [0, 0.1) is 6.92 Å². The highest BCUT2D eigenvalue weighted by Crippen LogP contribution is 2.39. The van der Waals surface area contributed by atoms with Crippen LogP contribution < -0.4 is 5.73 Å². The minimum atomic E-state index is 0.185. The van der Waals surface area contributed by atoms with Crippen molar-refractivity contribution in [3.05, 3.63) is 17.5 Å². The van der Waals surface area contributed by atoms with Gasteiger partial charge in [0.1, 0.15) is 0 Å². The first-order chi connectivity index (χ1) is 6.27. The van der Waals surface area contributed by atoms with Crippen LogP contribution in [0.5, 0.6) is 0 Å². The third kappa shape index (κ3) is 1.37. The van der Waals surface area contributed by atoms with Crippen LogP contribution >= 0.6 is 0 Å². The van der Waals surface area contributed by atoms with E-state index in [2.05, 4.69) is 16.3 Å². The van der Waals surface area contributed by atoms with E-state index in [4.69, 9.17) is 5.73 Å². The van der Waals surface area contributed by atoms with Gasteiger partial charge in [-0.2, -0.15) is 5.10 Å². The van der Waals surface area contributed by atoms with Crippen LogP contribution in [-0.4, -0.2) is 16.7 Å². The van der Waals surface area contributed by atoms with Gasteiger partial charge >= 0.3 is 0 Å². The summed E-state index contributed by atoms with van der Waals surface area (Å²) in [6.45, 7) is 2.77. The minimum Gasteiger partial charge on any atom is -0.330 e. The Morgan fingerprint density at radius 2 is 2.23 bits per heavy atom. The summed E-state index contributed by atoms with van der Waals surface area (Å²) >= 11 is 0. The first-order valence-corrected chi connectivity index (χ1v) is 4.99. The molecule has 1 aliphatic rings. The van der Waals surface area contributed by atoms with E-state index in [-0.39, 0.29) is 5.41 Å². The van der Waals surface area contributed by atoms with E-state index in [0.717, 1.165) is 12.2 Å². The molecule has 13 heavy (non-hydrogen) atoms. The van der Waals surface area contributed by atoms with Gasteiger partial charge in [0.05, 0.1) is 5.69 Å². The number of hydrogen-bond acceptors (Lipinski definition) is 2. The Balaban J connectivity index is 2.30. The average Bonchev–Trinajstić information content (AvgIpc) is 2.73. The standard InChI is InChI=1S/C10H17N3/c1-8-6-9(13-12-8)10(7-11)4-2-3-5-10/h6H,2-5,7,11H2,1H3,(H,12,13). The predicted molar refractivity (Wildman–Crippen MR) is 52.5 cm³/mol. The van der Waals surface area contributed by atoms with Crippen LogP contribution in [0.1, 0.15) is 37.1 Å². The van der Waals surface area contributed by atoms with Crippen molar-refractivity contribution in [1.82, 2.24) is 10.2 Å². The SMILES string of the molecule is Cc1cc(C2(CN)CCCC2)n[nH]1. The largest absolute Gasteiger partial charge is 0.330 e. The summed E-state index contributed by atoms with van der Waals surface area (Å²) in [6.07, 6.45) is 4.99. The van der Waals surface area contributed by atoms with Gasteiger partial charge in [-0.1, -0.05) is 12.8 Å². The lowest BCUT2D eigenvalue weighted by Gasteiger charge is -2.24. The zero-order chi connectivity index (χ0) is 9.31. The van der Waals surface area contributed by atoms with Gasteiger partial charge in [0.25, 0.3) is 0 Å². The van der Waals surface area contributed by atoms with E-state index >= 15 is 0 Å². The first-order valence-electron chi connectivity index (χ1n) is 4.99. The maximum absolute atomic E-state index is 5.86. The molecule has 0 saturated heterocycles. The molecular formula is C10H17N3. The second-order valence-electron chi connectivity index (χ2n) is 4.13. The number of nitrogens with one attached hydrogen (secondary N) is 1. The predicted octanol–water partition coefficient (Wildman–Crippen LogP) is 1.49. The number of H-pyrrole nitrogens is 1. The van der Waals surface area contributed by atoms with Crippen molar-refractivity contribution < 1.29 is 0 Å². The minimum absolute atomic E-state index is 0.185. The fraction of sp³-hybridized carbons (Fsp3) is 0.700. The van der Waals surface area contributed by atoms with Crippen LogP contribution in [0.15, 0.2) is 6.07 Å². The quantitative estimate of drug-likeness (QED) is 0.722. The Morgan fingerprint density at radius 1 is 1.54 bits per heavy atom. The number of nitrogens with zero attached hydrogens (tertiary/aromatic N) is 1. The molecular weight excluding hydrogens is 162 g/mol. The molecule has 1 aromatic rings. The number of rotatable bonds is 2. The molecule has 0 atom stereocenters. The summed E-state index contributed by atoms with van der Waals surface area (Å²) in [5.41, 5.74) is 8.35. The topological polar surface area (TPSA) is 54.7 Å². The van der Waals surface area contributed by atoms with E-state index in [9.17, 15) is 0 Å². The van der Waals surface area contributed by atoms with Crippen molar-refractivity contribution in [1.29, 1.82) is 0 Å². The Kier molecular flexibility index (Phi) is 2.12. The highest BCUT2D eigenvalue weighted by atomic mass is 15.1. The third-order valence-corrected chi connectivity index (χ3v) is 3.20. The van der Waals surface area contributed by atoms with E-state index in [1.54, 1.807) is 0 Å². The Hall–Kier alpha value is -0.830. The van der Waals surface area contributed by atoms with Crippen molar-refractivity contribution in [3.8, 4) is 0 Å². The van der Waals surface area contributed by atoms with E-state index in [0.29, 0.717) is 0 Å². The summed E-state index contributed by atoms with van der Waals surface area (Å²) in [4.78, 5) is 0. The van der Waals surface area contributed by atoms with Gasteiger partial charge in [-0.05, 0) is 25.8 Å². The molecule has 0 radical (unpaired) electrons. The molecule has 72 valence electrons.